The van der Waals surface area contributed by atoms with E-state index in [4.69, 9.17) is 4.74 Å². The Kier molecular flexibility index (Phi) is 4.65. The molecular formula is C17H19BrO. The van der Waals surface area contributed by atoms with E-state index in [9.17, 15) is 0 Å². The van der Waals surface area contributed by atoms with Crippen LogP contribution >= 0.6 is 15.9 Å². The average molecular weight is 319 g/mol. The summed E-state index contributed by atoms with van der Waals surface area (Å²) in [6.45, 7) is 7.02. The van der Waals surface area contributed by atoms with Crippen molar-refractivity contribution in [3.8, 4) is 5.75 Å². The molecule has 0 saturated heterocycles. The Morgan fingerprint density at radius 3 is 2.37 bits per heavy atom. The molecule has 1 nitrogen and oxygen atoms in total. The maximum absolute atomic E-state index is 5.47. The number of hydrogen-bond acceptors (Lipinski definition) is 1. The van der Waals surface area contributed by atoms with E-state index in [0.717, 1.165) is 5.75 Å². The summed E-state index contributed by atoms with van der Waals surface area (Å²) in [7, 11) is 0. The molecule has 0 heterocycles. The molecule has 1 atom stereocenters. The van der Waals surface area contributed by atoms with Crippen LogP contribution in [0.5, 0.6) is 5.75 Å². The minimum Gasteiger partial charge on any atom is -0.494 e. The normalized spacial score (nSPS) is 12.2. The second-order valence-corrected chi connectivity index (χ2v) is 5.57. The van der Waals surface area contributed by atoms with Crippen LogP contribution < -0.4 is 4.74 Å². The summed E-state index contributed by atoms with van der Waals surface area (Å²) in [5, 5.41) is 0. The molecule has 0 aliphatic rings. The monoisotopic (exact) mass is 318 g/mol. The van der Waals surface area contributed by atoms with Crippen molar-refractivity contribution < 1.29 is 4.74 Å². The van der Waals surface area contributed by atoms with E-state index in [1.165, 1.54) is 22.3 Å². The molecule has 0 aliphatic heterocycles. The summed E-state index contributed by atoms with van der Waals surface area (Å²) in [5.41, 5.74) is 5.24. The highest BCUT2D eigenvalue weighted by Gasteiger charge is 2.13. The first-order chi connectivity index (χ1) is 9.13. The van der Waals surface area contributed by atoms with Crippen LogP contribution in [-0.4, -0.2) is 6.61 Å². The van der Waals surface area contributed by atoms with Gasteiger partial charge in [-0.05, 0) is 55.2 Å². The van der Waals surface area contributed by atoms with Gasteiger partial charge in [-0.2, -0.15) is 0 Å². The fourth-order valence-corrected chi connectivity index (χ4v) is 2.93. The molecule has 0 aliphatic carbocycles. The van der Waals surface area contributed by atoms with Crippen molar-refractivity contribution >= 4 is 15.9 Å². The van der Waals surface area contributed by atoms with E-state index in [0.29, 0.717) is 6.61 Å². The topological polar surface area (TPSA) is 9.23 Å². The van der Waals surface area contributed by atoms with Gasteiger partial charge in [-0.15, -0.1) is 0 Å². The van der Waals surface area contributed by atoms with Crippen LogP contribution in [0, 0.1) is 13.8 Å². The van der Waals surface area contributed by atoms with Crippen molar-refractivity contribution in [3.05, 3.63) is 64.7 Å². The lowest BCUT2D eigenvalue weighted by molar-refractivity contribution is 0.340. The van der Waals surface area contributed by atoms with Gasteiger partial charge in [-0.25, -0.2) is 0 Å². The maximum atomic E-state index is 5.47. The minimum absolute atomic E-state index is 0.225. The number of aryl methyl sites for hydroxylation is 1. The Hall–Kier alpha value is -1.28. The van der Waals surface area contributed by atoms with Crippen molar-refractivity contribution in [2.75, 3.05) is 6.61 Å². The smallest absolute Gasteiger partial charge is 0.119 e. The second-order valence-electron chi connectivity index (χ2n) is 4.65. The number of alkyl halides is 1. The number of benzene rings is 2. The molecule has 0 radical (unpaired) electrons. The molecule has 1 unspecified atom stereocenters. The first-order valence-corrected chi connectivity index (χ1v) is 7.48. The summed E-state index contributed by atoms with van der Waals surface area (Å²) >= 11 is 3.80. The molecule has 0 aromatic heterocycles. The van der Waals surface area contributed by atoms with Gasteiger partial charge in [0.2, 0.25) is 0 Å². The molecule has 19 heavy (non-hydrogen) atoms. The van der Waals surface area contributed by atoms with Crippen LogP contribution in [0.15, 0.2) is 42.5 Å². The summed E-state index contributed by atoms with van der Waals surface area (Å²) in [6, 6.07) is 14.7. The minimum atomic E-state index is 0.225. The van der Waals surface area contributed by atoms with Gasteiger partial charge in [-0.1, -0.05) is 46.3 Å². The SMILES string of the molecule is CCOc1ccc(C(Br)c2cccc(C)c2C)cc1. The molecule has 0 spiro atoms. The Labute approximate surface area is 123 Å². The largest absolute Gasteiger partial charge is 0.494 e. The van der Waals surface area contributed by atoms with Crippen LogP contribution in [-0.2, 0) is 0 Å². The summed E-state index contributed by atoms with van der Waals surface area (Å²) in [6.07, 6.45) is 0. The molecule has 0 amide bonds. The van der Waals surface area contributed by atoms with Crippen LogP contribution in [0.3, 0.4) is 0 Å². The molecule has 2 heteroatoms. The first-order valence-electron chi connectivity index (χ1n) is 6.56. The van der Waals surface area contributed by atoms with Gasteiger partial charge < -0.3 is 4.74 Å². The lowest BCUT2D eigenvalue weighted by Crippen LogP contribution is -1.98. The number of halogens is 1. The van der Waals surface area contributed by atoms with Crippen molar-refractivity contribution in [2.24, 2.45) is 0 Å². The van der Waals surface area contributed by atoms with Gasteiger partial charge in [0.05, 0.1) is 11.4 Å². The molecule has 2 rings (SSSR count). The number of rotatable bonds is 4. The molecule has 0 N–H and O–H groups in total. The van der Waals surface area contributed by atoms with E-state index in [2.05, 4.69) is 60.1 Å². The summed E-state index contributed by atoms with van der Waals surface area (Å²) in [4.78, 5) is 0.225. The van der Waals surface area contributed by atoms with Gasteiger partial charge in [0, 0.05) is 0 Å². The Bertz CT molecular complexity index is 546. The highest BCUT2D eigenvalue weighted by Crippen LogP contribution is 2.34. The van der Waals surface area contributed by atoms with Crippen LogP contribution in [0.2, 0.25) is 0 Å². The Balaban J connectivity index is 2.28. The molecule has 0 fully saturated rings. The van der Waals surface area contributed by atoms with Gasteiger partial charge in [0.15, 0.2) is 0 Å². The number of hydrogen-bond donors (Lipinski definition) is 0. The van der Waals surface area contributed by atoms with Crippen LogP contribution in [0.4, 0.5) is 0 Å². The van der Waals surface area contributed by atoms with Crippen LogP contribution in [0.1, 0.15) is 34.0 Å². The zero-order valence-electron chi connectivity index (χ0n) is 11.6. The van der Waals surface area contributed by atoms with E-state index < -0.39 is 0 Å². The standard InChI is InChI=1S/C17H19BrO/c1-4-19-15-10-8-14(9-11-15)17(18)16-7-5-6-12(2)13(16)3/h5-11,17H,4H2,1-3H3. The molecule has 0 saturated carbocycles. The predicted molar refractivity (Wildman–Crippen MR) is 84.3 cm³/mol. The van der Waals surface area contributed by atoms with Gasteiger partial charge in [-0.3, -0.25) is 0 Å². The zero-order valence-corrected chi connectivity index (χ0v) is 13.2. The Morgan fingerprint density at radius 1 is 1.05 bits per heavy atom. The molecule has 100 valence electrons. The maximum Gasteiger partial charge on any atom is 0.119 e. The van der Waals surface area contributed by atoms with E-state index in [-0.39, 0.29) is 4.83 Å². The predicted octanol–water partition coefficient (Wildman–Crippen LogP) is 5.19. The zero-order chi connectivity index (χ0) is 13.8. The fourth-order valence-electron chi connectivity index (χ4n) is 2.13. The molecular weight excluding hydrogens is 300 g/mol. The van der Waals surface area contributed by atoms with Gasteiger partial charge in [0.1, 0.15) is 5.75 Å². The van der Waals surface area contributed by atoms with Crippen LogP contribution in [0.25, 0.3) is 0 Å². The Morgan fingerprint density at radius 2 is 1.74 bits per heavy atom. The highest BCUT2D eigenvalue weighted by molar-refractivity contribution is 9.09. The van der Waals surface area contributed by atoms with Crippen molar-refractivity contribution in [1.82, 2.24) is 0 Å². The lowest BCUT2D eigenvalue weighted by atomic mass is 9.97. The molecule has 2 aromatic rings. The van der Waals surface area contributed by atoms with Crippen molar-refractivity contribution in [2.45, 2.75) is 25.6 Å². The lowest BCUT2D eigenvalue weighted by Gasteiger charge is -2.15. The van der Waals surface area contributed by atoms with Crippen molar-refractivity contribution in [3.63, 3.8) is 0 Å². The fraction of sp³-hybridized carbons (Fsp3) is 0.294. The average Bonchev–Trinajstić information content (AvgIpc) is 2.42. The van der Waals surface area contributed by atoms with E-state index >= 15 is 0 Å². The summed E-state index contributed by atoms with van der Waals surface area (Å²) < 4.78 is 5.47. The third kappa shape index (κ3) is 3.19. The third-order valence-electron chi connectivity index (χ3n) is 3.40. The highest BCUT2D eigenvalue weighted by atomic mass is 79.9. The van der Waals surface area contributed by atoms with Crippen molar-refractivity contribution in [1.29, 1.82) is 0 Å². The van der Waals surface area contributed by atoms with Gasteiger partial charge in [0.25, 0.3) is 0 Å². The second kappa shape index (κ2) is 6.25. The molecule has 2 aromatic carbocycles. The number of ether oxygens (including phenoxy) is 1. The van der Waals surface area contributed by atoms with E-state index in [1.807, 2.05) is 19.1 Å². The molecule has 0 bridgehead atoms. The first kappa shape index (κ1) is 14.1. The summed E-state index contributed by atoms with van der Waals surface area (Å²) in [5.74, 6) is 0.923. The van der Waals surface area contributed by atoms with Gasteiger partial charge >= 0.3 is 0 Å². The third-order valence-corrected chi connectivity index (χ3v) is 4.43. The quantitative estimate of drug-likeness (QED) is 0.705. The van der Waals surface area contributed by atoms with E-state index in [1.54, 1.807) is 0 Å².